The van der Waals surface area contributed by atoms with Crippen molar-refractivity contribution in [1.82, 2.24) is 10.2 Å². The van der Waals surface area contributed by atoms with E-state index in [2.05, 4.69) is 16.0 Å². The molecule has 11 heteroatoms. The number of carbonyl (C=O) groups is 3. The largest absolute Gasteiger partial charge is 0.380 e. The van der Waals surface area contributed by atoms with Crippen LogP contribution in [0.25, 0.3) is 0 Å². The molecule has 1 aliphatic heterocycles. The number of halogens is 2. The van der Waals surface area contributed by atoms with Gasteiger partial charge in [-0.2, -0.15) is 0 Å². The van der Waals surface area contributed by atoms with Crippen LogP contribution in [0.4, 0.5) is 31.0 Å². The molecule has 0 saturated carbocycles. The highest BCUT2D eigenvalue weighted by atomic mass is 35.5. The van der Waals surface area contributed by atoms with E-state index in [0.717, 1.165) is 6.07 Å². The average molecular weight is 492 g/mol. The third-order valence-corrected chi connectivity index (χ3v) is 5.74. The van der Waals surface area contributed by atoms with Crippen LogP contribution in [0.15, 0.2) is 42.5 Å². The number of amides is 5. The SMILES string of the molecule is CCNC(=O)N(C)c1ccc(NC(=O)[C@H]2C[C@@H](OC)CN2C(=O)Nc2ccc(Cl)cc2)c(F)c1. The lowest BCUT2D eigenvalue weighted by atomic mass is 10.1. The molecule has 182 valence electrons. The number of hydrogen-bond acceptors (Lipinski definition) is 4. The van der Waals surface area contributed by atoms with Crippen LogP contribution in [-0.4, -0.2) is 62.3 Å². The van der Waals surface area contributed by atoms with Gasteiger partial charge in [-0.15, -0.1) is 0 Å². The second-order valence-electron chi connectivity index (χ2n) is 7.75. The molecule has 9 nitrogen and oxygen atoms in total. The lowest BCUT2D eigenvalue weighted by Gasteiger charge is -2.24. The van der Waals surface area contributed by atoms with Crippen molar-refractivity contribution in [3.63, 3.8) is 0 Å². The van der Waals surface area contributed by atoms with E-state index in [-0.39, 0.29) is 30.8 Å². The van der Waals surface area contributed by atoms with E-state index in [0.29, 0.717) is 22.9 Å². The van der Waals surface area contributed by atoms with E-state index in [1.165, 1.54) is 36.1 Å². The van der Waals surface area contributed by atoms with E-state index >= 15 is 0 Å². The maximum absolute atomic E-state index is 14.7. The van der Waals surface area contributed by atoms with Gasteiger partial charge in [0.1, 0.15) is 11.9 Å². The molecule has 0 spiro atoms. The van der Waals surface area contributed by atoms with Crippen LogP contribution in [0.1, 0.15) is 13.3 Å². The summed E-state index contributed by atoms with van der Waals surface area (Å²) in [4.78, 5) is 40.4. The fraction of sp³-hybridized carbons (Fsp3) is 0.348. The summed E-state index contributed by atoms with van der Waals surface area (Å²) < 4.78 is 20.1. The first-order valence-electron chi connectivity index (χ1n) is 10.7. The molecule has 1 saturated heterocycles. The van der Waals surface area contributed by atoms with Gasteiger partial charge < -0.3 is 25.6 Å². The van der Waals surface area contributed by atoms with Crippen LogP contribution in [0.5, 0.6) is 0 Å². The minimum absolute atomic E-state index is 0.0584. The minimum atomic E-state index is -0.866. The zero-order valence-electron chi connectivity index (χ0n) is 19.1. The number of methoxy groups -OCH3 is 1. The molecule has 0 aliphatic carbocycles. The van der Waals surface area contributed by atoms with Crippen LogP contribution in [0.2, 0.25) is 5.02 Å². The molecule has 3 rings (SSSR count). The number of nitrogens with one attached hydrogen (secondary N) is 3. The summed E-state index contributed by atoms with van der Waals surface area (Å²) in [6.07, 6.45) is -0.0830. The number of carbonyl (C=O) groups excluding carboxylic acids is 3. The summed E-state index contributed by atoms with van der Waals surface area (Å²) in [5.74, 6) is -1.25. The van der Waals surface area contributed by atoms with Gasteiger partial charge in [-0.1, -0.05) is 11.6 Å². The first-order chi connectivity index (χ1) is 16.2. The van der Waals surface area contributed by atoms with E-state index in [9.17, 15) is 18.8 Å². The second kappa shape index (κ2) is 11.2. The van der Waals surface area contributed by atoms with E-state index in [1.54, 1.807) is 31.2 Å². The standard InChI is InChI=1S/C23H27ClFN5O4/c1-4-26-22(32)29(2)16-9-10-19(18(25)11-16)28-21(31)20-12-17(34-3)13-30(20)23(33)27-15-7-5-14(24)6-8-15/h5-11,17,20H,4,12-13H2,1-3H3,(H,26,32)(H,27,33)(H,28,31)/t17-,20-/m1/s1. The van der Waals surface area contributed by atoms with Gasteiger partial charge >= 0.3 is 12.1 Å². The van der Waals surface area contributed by atoms with E-state index in [4.69, 9.17) is 16.3 Å². The van der Waals surface area contributed by atoms with Gasteiger partial charge in [0.05, 0.1) is 11.8 Å². The summed E-state index contributed by atoms with van der Waals surface area (Å²) in [5, 5.41) is 8.43. The predicted octanol–water partition coefficient (Wildman–Crippen LogP) is 3.90. The average Bonchev–Trinajstić information content (AvgIpc) is 3.26. The molecule has 0 radical (unpaired) electrons. The van der Waals surface area contributed by atoms with Gasteiger partial charge in [0.2, 0.25) is 5.91 Å². The smallest absolute Gasteiger partial charge is 0.322 e. The van der Waals surface area contributed by atoms with Crippen LogP contribution in [0, 0.1) is 5.82 Å². The Labute approximate surface area is 202 Å². The maximum Gasteiger partial charge on any atom is 0.322 e. The Morgan fingerprint density at radius 2 is 1.88 bits per heavy atom. The second-order valence-corrected chi connectivity index (χ2v) is 8.18. The van der Waals surface area contributed by atoms with Crippen LogP contribution in [-0.2, 0) is 9.53 Å². The van der Waals surface area contributed by atoms with Crippen molar-refractivity contribution >= 4 is 46.6 Å². The minimum Gasteiger partial charge on any atom is -0.380 e. The zero-order valence-corrected chi connectivity index (χ0v) is 19.9. The number of urea groups is 2. The van der Waals surface area contributed by atoms with Crippen molar-refractivity contribution in [2.24, 2.45) is 0 Å². The molecule has 2 aromatic carbocycles. The fourth-order valence-corrected chi connectivity index (χ4v) is 3.71. The first kappa shape index (κ1) is 25.3. The molecule has 34 heavy (non-hydrogen) atoms. The number of nitrogens with zero attached hydrogens (tertiary/aromatic N) is 2. The maximum atomic E-state index is 14.7. The Hall–Kier alpha value is -3.37. The molecule has 3 N–H and O–H groups in total. The summed E-state index contributed by atoms with van der Waals surface area (Å²) >= 11 is 5.88. The number of hydrogen-bond donors (Lipinski definition) is 3. The van der Waals surface area contributed by atoms with Gasteiger partial charge in [0.15, 0.2) is 0 Å². The van der Waals surface area contributed by atoms with Crippen molar-refractivity contribution in [3.05, 3.63) is 53.3 Å². The highest BCUT2D eigenvalue weighted by molar-refractivity contribution is 6.30. The van der Waals surface area contributed by atoms with Crippen molar-refractivity contribution in [2.75, 3.05) is 42.8 Å². The molecule has 0 bridgehead atoms. The third kappa shape index (κ3) is 5.95. The van der Waals surface area contributed by atoms with Crippen LogP contribution < -0.4 is 20.9 Å². The normalized spacial score (nSPS) is 17.3. The third-order valence-electron chi connectivity index (χ3n) is 5.49. The van der Waals surface area contributed by atoms with E-state index in [1.807, 2.05) is 0 Å². The van der Waals surface area contributed by atoms with Crippen molar-refractivity contribution in [1.29, 1.82) is 0 Å². The highest BCUT2D eigenvalue weighted by Gasteiger charge is 2.40. The van der Waals surface area contributed by atoms with Crippen molar-refractivity contribution in [3.8, 4) is 0 Å². The summed E-state index contributed by atoms with van der Waals surface area (Å²) in [5.41, 5.74) is 0.787. The van der Waals surface area contributed by atoms with Gasteiger partial charge in [0.25, 0.3) is 0 Å². The lowest BCUT2D eigenvalue weighted by Crippen LogP contribution is -2.45. The monoisotopic (exact) mass is 491 g/mol. The molecule has 0 unspecified atom stereocenters. The number of anilines is 3. The van der Waals surface area contributed by atoms with Crippen LogP contribution >= 0.6 is 11.6 Å². The summed E-state index contributed by atoms with van der Waals surface area (Å²) in [6.45, 7) is 2.42. The van der Waals surface area contributed by atoms with E-state index < -0.39 is 23.8 Å². The summed E-state index contributed by atoms with van der Waals surface area (Å²) in [7, 11) is 3.02. The Morgan fingerprint density at radius 3 is 2.50 bits per heavy atom. The Morgan fingerprint density at radius 1 is 1.18 bits per heavy atom. The number of benzene rings is 2. The topological polar surface area (TPSA) is 103 Å². The zero-order chi connectivity index (χ0) is 24.8. The quantitative estimate of drug-likeness (QED) is 0.570. The molecular formula is C23H27ClFN5O4. The number of rotatable bonds is 6. The Bertz CT molecular complexity index is 1050. The summed E-state index contributed by atoms with van der Waals surface area (Å²) in [6, 6.07) is 8.89. The molecular weight excluding hydrogens is 465 g/mol. The molecule has 5 amide bonds. The van der Waals surface area contributed by atoms with Gasteiger partial charge in [-0.25, -0.2) is 14.0 Å². The lowest BCUT2D eigenvalue weighted by molar-refractivity contribution is -0.119. The highest BCUT2D eigenvalue weighted by Crippen LogP contribution is 2.26. The first-order valence-corrected chi connectivity index (χ1v) is 11.1. The molecule has 1 aliphatic rings. The number of likely N-dealkylation sites (tertiary alicyclic amines) is 1. The molecule has 1 heterocycles. The fourth-order valence-electron chi connectivity index (χ4n) is 3.59. The van der Waals surface area contributed by atoms with Gasteiger partial charge in [0, 0.05) is 50.1 Å². The van der Waals surface area contributed by atoms with Crippen LogP contribution in [0.3, 0.4) is 0 Å². The number of ether oxygens (including phenoxy) is 1. The Kier molecular flexibility index (Phi) is 8.30. The van der Waals surface area contributed by atoms with Gasteiger partial charge in [-0.05, 0) is 49.4 Å². The predicted molar refractivity (Wildman–Crippen MR) is 129 cm³/mol. The van der Waals surface area contributed by atoms with Crippen molar-refractivity contribution in [2.45, 2.75) is 25.5 Å². The molecule has 0 aromatic heterocycles. The molecule has 1 fully saturated rings. The molecule has 2 aromatic rings. The van der Waals surface area contributed by atoms with Gasteiger partial charge in [-0.3, -0.25) is 9.69 Å². The van der Waals surface area contributed by atoms with Crippen molar-refractivity contribution < 1.29 is 23.5 Å². The Balaban J connectivity index is 1.72. The molecule has 2 atom stereocenters.